The molecule has 0 amide bonds. The van der Waals surface area contributed by atoms with Gasteiger partial charge >= 0.3 is 0 Å². The lowest BCUT2D eigenvalue weighted by atomic mass is 10.0. The van der Waals surface area contributed by atoms with Crippen molar-refractivity contribution >= 4 is 37.1 Å². The molecule has 0 aliphatic heterocycles. The molecule has 1 heterocycles. The van der Waals surface area contributed by atoms with Crippen LogP contribution in [0, 0.1) is 5.92 Å². The van der Waals surface area contributed by atoms with Crippen molar-refractivity contribution in [2.75, 3.05) is 11.5 Å². The number of nitrogens with two attached hydrogens (primary N) is 1. The Bertz CT molecular complexity index is 708. The molecule has 0 spiro atoms. The largest absolute Gasteiger partial charge is 0.399 e. The fraction of sp³-hybridized carbons (Fsp3) is 0.533. The Balaban J connectivity index is 2.24. The molecule has 0 aliphatic rings. The van der Waals surface area contributed by atoms with Crippen LogP contribution in [0.2, 0.25) is 0 Å². The molecule has 0 saturated heterocycles. The molecule has 0 radical (unpaired) electrons. The third-order valence-electron chi connectivity index (χ3n) is 3.66. The first-order valence-corrected chi connectivity index (χ1v) is 9.82. The van der Waals surface area contributed by atoms with E-state index in [1.807, 2.05) is 0 Å². The predicted molar refractivity (Wildman–Crippen MR) is 89.4 cm³/mol. The smallest absolute Gasteiger partial charge is 0.210 e. The number of nitrogens with zero attached hydrogens (tertiary/aromatic N) is 1. The first-order valence-electron chi connectivity index (χ1n) is 7.35. The van der Waals surface area contributed by atoms with Gasteiger partial charge < -0.3 is 5.73 Å². The van der Waals surface area contributed by atoms with Crippen LogP contribution in [0.4, 0.5) is 5.69 Å². The van der Waals surface area contributed by atoms with Crippen LogP contribution in [-0.4, -0.2) is 19.2 Å². The summed E-state index contributed by atoms with van der Waals surface area (Å²) in [6, 6.07) is 5.30. The highest BCUT2D eigenvalue weighted by atomic mass is 32.2. The fourth-order valence-corrected chi connectivity index (χ4v) is 5.46. The van der Waals surface area contributed by atoms with Crippen LogP contribution in [0.1, 0.15) is 39.5 Å². The van der Waals surface area contributed by atoms with Crippen LogP contribution < -0.4 is 5.73 Å². The minimum atomic E-state index is -3.31. The Labute approximate surface area is 130 Å². The zero-order chi connectivity index (χ0) is 15.5. The van der Waals surface area contributed by atoms with Gasteiger partial charge in [0.25, 0.3) is 0 Å². The average Bonchev–Trinajstić information content (AvgIpc) is 2.87. The molecule has 1 atom stereocenters. The first kappa shape index (κ1) is 16.2. The third kappa shape index (κ3) is 3.95. The van der Waals surface area contributed by atoms with Crippen LogP contribution in [0.3, 0.4) is 0 Å². The number of rotatable bonds is 7. The van der Waals surface area contributed by atoms with Crippen LogP contribution >= 0.6 is 11.3 Å². The molecule has 2 N–H and O–H groups in total. The predicted octanol–water partition coefficient (Wildman–Crippen LogP) is 3.87. The lowest BCUT2D eigenvalue weighted by Gasteiger charge is -2.13. The van der Waals surface area contributed by atoms with Gasteiger partial charge in [0.05, 0.1) is 16.0 Å². The van der Waals surface area contributed by atoms with Gasteiger partial charge in [-0.3, -0.25) is 0 Å². The number of aromatic nitrogens is 1. The van der Waals surface area contributed by atoms with Gasteiger partial charge in [0.2, 0.25) is 14.2 Å². The van der Waals surface area contributed by atoms with E-state index in [-0.39, 0.29) is 16.0 Å². The van der Waals surface area contributed by atoms with Crippen molar-refractivity contribution in [3.63, 3.8) is 0 Å². The van der Waals surface area contributed by atoms with E-state index < -0.39 is 9.84 Å². The average molecular weight is 326 g/mol. The van der Waals surface area contributed by atoms with Gasteiger partial charge in [-0.2, -0.15) is 0 Å². The molecule has 0 saturated carbocycles. The van der Waals surface area contributed by atoms with Crippen LogP contribution in [0.25, 0.3) is 10.2 Å². The SMILES string of the molecule is CCCCC(CC)CS(=O)(=O)c1nc2ccc(N)cc2s1. The molecule has 0 fully saturated rings. The van der Waals surface area contributed by atoms with Crippen LogP contribution in [-0.2, 0) is 9.84 Å². The van der Waals surface area contributed by atoms with Crippen molar-refractivity contribution in [3.8, 4) is 0 Å². The van der Waals surface area contributed by atoms with Crippen LogP contribution in [0.5, 0.6) is 0 Å². The Kier molecular flexibility index (Phi) is 5.22. The number of hydrogen-bond acceptors (Lipinski definition) is 5. The van der Waals surface area contributed by atoms with E-state index in [0.29, 0.717) is 11.2 Å². The number of unbranched alkanes of at least 4 members (excludes halogenated alkanes) is 1. The summed E-state index contributed by atoms with van der Waals surface area (Å²) >= 11 is 1.22. The monoisotopic (exact) mass is 326 g/mol. The first-order chi connectivity index (χ1) is 9.96. The number of hydrogen-bond donors (Lipinski definition) is 1. The quantitative estimate of drug-likeness (QED) is 0.784. The van der Waals surface area contributed by atoms with Gasteiger partial charge in [-0.1, -0.05) is 33.1 Å². The van der Waals surface area contributed by atoms with Crippen molar-refractivity contribution < 1.29 is 8.42 Å². The van der Waals surface area contributed by atoms with Gasteiger partial charge in [-0.15, -0.1) is 11.3 Å². The Morgan fingerprint density at radius 2 is 2.10 bits per heavy atom. The Morgan fingerprint density at radius 1 is 1.33 bits per heavy atom. The summed E-state index contributed by atoms with van der Waals surface area (Å²) in [5.74, 6) is 0.408. The lowest BCUT2D eigenvalue weighted by Crippen LogP contribution is -2.16. The second-order valence-electron chi connectivity index (χ2n) is 5.40. The van der Waals surface area contributed by atoms with Gasteiger partial charge in [0.15, 0.2) is 0 Å². The molecule has 116 valence electrons. The topological polar surface area (TPSA) is 73.0 Å². The molecule has 4 nitrogen and oxygen atoms in total. The van der Waals surface area contributed by atoms with Gasteiger partial charge in [-0.05, 0) is 30.5 Å². The standard InChI is InChI=1S/C15H22N2O2S2/c1-3-5-6-11(4-2)10-21(18,19)15-17-13-8-7-12(16)9-14(13)20-15/h7-9,11H,3-6,10,16H2,1-2H3. The zero-order valence-corrected chi connectivity index (χ0v) is 14.1. The van der Waals surface area contributed by atoms with E-state index >= 15 is 0 Å². The van der Waals surface area contributed by atoms with E-state index in [9.17, 15) is 8.42 Å². The maximum atomic E-state index is 12.5. The minimum Gasteiger partial charge on any atom is -0.399 e. The molecule has 1 aromatic heterocycles. The third-order valence-corrected chi connectivity index (χ3v) is 7.02. The van der Waals surface area contributed by atoms with Crippen molar-refractivity contribution in [2.24, 2.45) is 5.92 Å². The molecule has 0 bridgehead atoms. The number of thiazole rings is 1. The van der Waals surface area contributed by atoms with Crippen LogP contribution in [0.15, 0.2) is 22.5 Å². The highest BCUT2D eigenvalue weighted by Gasteiger charge is 2.23. The highest BCUT2D eigenvalue weighted by molar-refractivity contribution is 7.93. The second kappa shape index (κ2) is 6.75. The highest BCUT2D eigenvalue weighted by Crippen LogP contribution is 2.29. The number of nitrogen functional groups attached to an aromatic ring is 1. The van der Waals surface area contributed by atoms with Crippen molar-refractivity contribution in [1.29, 1.82) is 0 Å². The second-order valence-corrected chi connectivity index (χ2v) is 8.64. The molecular formula is C15H22N2O2S2. The Morgan fingerprint density at radius 3 is 2.76 bits per heavy atom. The summed E-state index contributed by atoms with van der Waals surface area (Å²) in [6.45, 7) is 4.17. The molecule has 6 heteroatoms. The Hall–Kier alpha value is -1.14. The summed E-state index contributed by atoms with van der Waals surface area (Å²) in [5, 5.41) is 0. The molecule has 1 unspecified atom stereocenters. The molecular weight excluding hydrogens is 304 g/mol. The van der Waals surface area contributed by atoms with Gasteiger partial charge in [0, 0.05) is 5.69 Å². The van der Waals surface area contributed by atoms with E-state index in [1.165, 1.54) is 11.3 Å². The maximum absolute atomic E-state index is 12.5. The van der Waals surface area contributed by atoms with E-state index in [0.717, 1.165) is 30.4 Å². The van der Waals surface area contributed by atoms with E-state index in [2.05, 4.69) is 18.8 Å². The molecule has 21 heavy (non-hydrogen) atoms. The fourth-order valence-electron chi connectivity index (χ4n) is 2.33. The van der Waals surface area contributed by atoms with E-state index in [4.69, 9.17) is 5.73 Å². The van der Waals surface area contributed by atoms with Gasteiger partial charge in [-0.25, -0.2) is 13.4 Å². The number of anilines is 1. The molecule has 2 rings (SSSR count). The number of benzene rings is 1. The normalized spacial score (nSPS) is 13.6. The summed E-state index contributed by atoms with van der Waals surface area (Å²) in [7, 11) is -3.31. The molecule has 0 aliphatic carbocycles. The van der Waals surface area contributed by atoms with E-state index in [1.54, 1.807) is 18.2 Å². The van der Waals surface area contributed by atoms with Crippen molar-refractivity contribution in [1.82, 2.24) is 4.98 Å². The summed E-state index contributed by atoms with van der Waals surface area (Å²) < 4.78 is 26.1. The number of fused-ring (bicyclic) bond motifs is 1. The maximum Gasteiger partial charge on any atom is 0.210 e. The molecule has 2 aromatic rings. The molecule has 1 aromatic carbocycles. The number of sulfone groups is 1. The summed E-state index contributed by atoms with van der Waals surface area (Å²) in [4.78, 5) is 4.27. The minimum absolute atomic E-state index is 0.193. The summed E-state index contributed by atoms with van der Waals surface area (Å²) in [6.07, 6.45) is 4.02. The van der Waals surface area contributed by atoms with Gasteiger partial charge in [0.1, 0.15) is 0 Å². The summed E-state index contributed by atoms with van der Waals surface area (Å²) in [5.41, 5.74) is 7.06. The van der Waals surface area contributed by atoms with Crippen molar-refractivity contribution in [2.45, 2.75) is 43.9 Å². The van der Waals surface area contributed by atoms with Crippen molar-refractivity contribution in [3.05, 3.63) is 18.2 Å². The zero-order valence-electron chi connectivity index (χ0n) is 12.5. The lowest BCUT2D eigenvalue weighted by molar-refractivity contribution is 0.483.